The maximum Gasteiger partial charge on any atom is 0.331 e. The van der Waals surface area contributed by atoms with E-state index in [1.807, 2.05) is 0 Å². The van der Waals surface area contributed by atoms with Crippen molar-refractivity contribution in [2.75, 3.05) is 0 Å². The predicted octanol–water partition coefficient (Wildman–Crippen LogP) is 5.64. The summed E-state index contributed by atoms with van der Waals surface area (Å²) in [6, 6.07) is 11.5. The van der Waals surface area contributed by atoms with Gasteiger partial charge < -0.3 is 5.11 Å². The summed E-state index contributed by atoms with van der Waals surface area (Å²) in [4.78, 5) is 11.3. The lowest BCUT2D eigenvalue weighted by atomic mass is 9.98. The standard InChI is InChI=1S/C17H12Cl2F2O2/c18-14-7-6-11(15(19)9-14)8-12(16(22)23)10-17(20,21)13-4-2-1-3-5-13/h1-9H,10H2,(H,22,23). The first-order valence-electron chi connectivity index (χ1n) is 6.62. The van der Waals surface area contributed by atoms with Gasteiger partial charge in [0.2, 0.25) is 0 Å². The smallest absolute Gasteiger partial charge is 0.331 e. The molecule has 1 N–H and O–H groups in total. The van der Waals surface area contributed by atoms with E-state index >= 15 is 0 Å². The van der Waals surface area contributed by atoms with Gasteiger partial charge in [0, 0.05) is 27.6 Å². The van der Waals surface area contributed by atoms with Gasteiger partial charge in [-0.15, -0.1) is 0 Å². The van der Waals surface area contributed by atoms with Crippen LogP contribution < -0.4 is 0 Å². The molecule has 120 valence electrons. The molecule has 0 aliphatic rings. The Bertz CT molecular complexity index is 744. The first-order valence-corrected chi connectivity index (χ1v) is 7.37. The summed E-state index contributed by atoms with van der Waals surface area (Å²) in [5.74, 6) is -4.73. The van der Waals surface area contributed by atoms with E-state index < -0.39 is 23.9 Å². The first-order chi connectivity index (χ1) is 10.8. The summed E-state index contributed by atoms with van der Waals surface area (Å²) in [5, 5.41) is 9.79. The van der Waals surface area contributed by atoms with Gasteiger partial charge in [-0.25, -0.2) is 13.6 Å². The zero-order valence-electron chi connectivity index (χ0n) is 11.8. The molecular weight excluding hydrogens is 345 g/mol. The van der Waals surface area contributed by atoms with Crippen LogP contribution in [0.3, 0.4) is 0 Å². The first kappa shape index (κ1) is 17.4. The van der Waals surface area contributed by atoms with Gasteiger partial charge in [-0.3, -0.25) is 0 Å². The number of carboxylic acid groups (broad SMARTS) is 1. The number of rotatable bonds is 5. The molecular formula is C17H12Cl2F2O2. The van der Waals surface area contributed by atoms with E-state index in [0.29, 0.717) is 10.6 Å². The highest BCUT2D eigenvalue weighted by Gasteiger charge is 2.34. The van der Waals surface area contributed by atoms with Crippen molar-refractivity contribution in [3.8, 4) is 0 Å². The Hall–Kier alpha value is -1.91. The minimum atomic E-state index is -3.30. The number of halogens is 4. The van der Waals surface area contributed by atoms with E-state index in [-0.39, 0.29) is 10.6 Å². The van der Waals surface area contributed by atoms with Crippen LogP contribution >= 0.6 is 23.2 Å². The Balaban J connectivity index is 2.36. The fraction of sp³-hybridized carbons (Fsp3) is 0.118. The van der Waals surface area contributed by atoms with Gasteiger partial charge in [0.15, 0.2) is 0 Å². The third-order valence-corrected chi connectivity index (χ3v) is 3.74. The van der Waals surface area contributed by atoms with Gasteiger partial charge in [-0.1, -0.05) is 59.6 Å². The Kier molecular flexibility index (Phi) is 5.39. The molecule has 23 heavy (non-hydrogen) atoms. The van der Waals surface area contributed by atoms with Crippen LogP contribution in [0.15, 0.2) is 54.1 Å². The van der Waals surface area contributed by atoms with Crippen LogP contribution in [0.5, 0.6) is 0 Å². The monoisotopic (exact) mass is 356 g/mol. The van der Waals surface area contributed by atoms with Crippen LogP contribution in [-0.4, -0.2) is 11.1 Å². The van der Waals surface area contributed by atoms with Crippen molar-refractivity contribution in [1.82, 2.24) is 0 Å². The van der Waals surface area contributed by atoms with Crippen molar-refractivity contribution in [3.63, 3.8) is 0 Å². The average molecular weight is 357 g/mol. The van der Waals surface area contributed by atoms with Crippen molar-refractivity contribution in [3.05, 3.63) is 75.3 Å². The van der Waals surface area contributed by atoms with Gasteiger partial charge in [-0.2, -0.15) is 0 Å². The zero-order chi connectivity index (χ0) is 17.0. The second-order valence-electron chi connectivity index (χ2n) is 4.89. The molecule has 0 unspecified atom stereocenters. The van der Waals surface area contributed by atoms with Gasteiger partial charge in [-0.05, 0) is 23.8 Å². The SMILES string of the molecule is O=C(O)C(=Cc1ccc(Cl)cc1Cl)CC(F)(F)c1ccccc1. The van der Waals surface area contributed by atoms with Crippen LogP contribution in [0.2, 0.25) is 10.0 Å². The number of aliphatic carboxylic acids is 1. The maximum absolute atomic E-state index is 14.3. The molecule has 2 rings (SSSR count). The highest BCUT2D eigenvalue weighted by atomic mass is 35.5. The molecule has 0 fully saturated rings. The number of carbonyl (C=O) groups is 1. The molecule has 0 aromatic heterocycles. The molecule has 0 heterocycles. The Morgan fingerprint density at radius 2 is 1.78 bits per heavy atom. The van der Waals surface area contributed by atoms with Crippen LogP contribution in [-0.2, 0) is 10.7 Å². The quantitative estimate of drug-likeness (QED) is 0.703. The van der Waals surface area contributed by atoms with Crippen LogP contribution in [0, 0.1) is 0 Å². The number of benzene rings is 2. The zero-order valence-corrected chi connectivity index (χ0v) is 13.3. The molecule has 0 radical (unpaired) electrons. The fourth-order valence-corrected chi connectivity index (χ4v) is 2.48. The topological polar surface area (TPSA) is 37.3 Å². The summed E-state index contributed by atoms with van der Waals surface area (Å²) in [6.07, 6.45) is 0.198. The highest BCUT2D eigenvalue weighted by molar-refractivity contribution is 6.35. The van der Waals surface area contributed by atoms with E-state index in [9.17, 15) is 18.7 Å². The van der Waals surface area contributed by atoms with E-state index in [2.05, 4.69) is 0 Å². The van der Waals surface area contributed by atoms with E-state index in [0.717, 1.165) is 6.08 Å². The van der Waals surface area contributed by atoms with Crippen LogP contribution in [0.1, 0.15) is 17.5 Å². The minimum absolute atomic E-state index is 0.194. The predicted molar refractivity (Wildman–Crippen MR) is 87.0 cm³/mol. The number of hydrogen-bond donors (Lipinski definition) is 1. The molecule has 0 spiro atoms. The van der Waals surface area contributed by atoms with Crippen molar-refractivity contribution in [2.24, 2.45) is 0 Å². The number of alkyl halides is 2. The normalized spacial score (nSPS) is 12.3. The molecule has 0 bridgehead atoms. The minimum Gasteiger partial charge on any atom is -0.478 e. The Morgan fingerprint density at radius 3 is 2.35 bits per heavy atom. The molecule has 0 atom stereocenters. The molecule has 0 saturated heterocycles. The summed E-state index contributed by atoms with van der Waals surface area (Å²) < 4.78 is 28.6. The van der Waals surface area contributed by atoms with Crippen LogP contribution in [0.4, 0.5) is 8.78 Å². The highest BCUT2D eigenvalue weighted by Crippen LogP contribution is 2.35. The molecule has 0 amide bonds. The van der Waals surface area contributed by atoms with Gasteiger partial charge in [0.1, 0.15) is 0 Å². The van der Waals surface area contributed by atoms with Crippen LogP contribution in [0.25, 0.3) is 6.08 Å². The largest absolute Gasteiger partial charge is 0.478 e. The Labute approximate surface area is 142 Å². The van der Waals surface area contributed by atoms with Gasteiger partial charge in [0.05, 0.1) is 0 Å². The molecule has 6 heteroatoms. The van der Waals surface area contributed by atoms with Crippen molar-refractivity contribution < 1.29 is 18.7 Å². The molecule has 2 aromatic rings. The fourth-order valence-electron chi connectivity index (χ4n) is 2.02. The van der Waals surface area contributed by atoms with E-state index in [1.54, 1.807) is 6.07 Å². The molecule has 0 aliphatic carbocycles. The van der Waals surface area contributed by atoms with E-state index in [1.165, 1.54) is 42.5 Å². The summed E-state index contributed by atoms with van der Waals surface area (Å²) in [6.45, 7) is 0. The lowest BCUT2D eigenvalue weighted by Gasteiger charge is -2.17. The maximum atomic E-state index is 14.3. The summed E-state index contributed by atoms with van der Waals surface area (Å²) >= 11 is 11.7. The number of carboxylic acids is 1. The molecule has 0 aliphatic heterocycles. The van der Waals surface area contributed by atoms with Crippen molar-refractivity contribution in [1.29, 1.82) is 0 Å². The van der Waals surface area contributed by atoms with Crippen molar-refractivity contribution in [2.45, 2.75) is 12.3 Å². The third-order valence-electron chi connectivity index (χ3n) is 3.18. The van der Waals surface area contributed by atoms with Gasteiger partial charge in [0.25, 0.3) is 5.92 Å². The number of hydrogen-bond acceptors (Lipinski definition) is 1. The summed E-state index contributed by atoms with van der Waals surface area (Å²) in [5.41, 5.74) is -0.366. The third kappa shape index (κ3) is 4.53. The Morgan fingerprint density at radius 1 is 1.13 bits per heavy atom. The van der Waals surface area contributed by atoms with Crippen molar-refractivity contribution >= 4 is 35.2 Å². The second kappa shape index (κ2) is 7.11. The van der Waals surface area contributed by atoms with Gasteiger partial charge >= 0.3 is 5.97 Å². The summed E-state index contributed by atoms with van der Waals surface area (Å²) in [7, 11) is 0. The van der Waals surface area contributed by atoms with E-state index in [4.69, 9.17) is 23.2 Å². The molecule has 0 saturated carbocycles. The second-order valence-corrected chi connectivity index (χ2v) is 5.73. The molecule has 2 nitrogen and oxygen atoms in total. The average Bonchev–Trinajstić information content (AvgIpc) is 2.49. The lowest BCUT2D eigenvalue weighted by molar-refractivity contribution is -0.133. The molecule has 2 aromatic carbocycles. The lowest BCUT2D eigenvalue weighted by Crippen LogP contribution is -2.17.